The van der Waals surface area contributed by atoms with E-state index in [2.05, 4.69) is 10.3 Å². The van der Waals surface area contributed by atoms with Gasteiger partial charge in [0.1, 0.15) is 5.56 Å². The van der Waals surface area contributed by atoms with Gasteiger partial charge in [0, 0.05) is 22.6 Å². The number of fused-ring (bicyclic) bond motifs is 1. The first-order chi connectivity index (χ1) is 11.5. The second-order valence-electron chi connectivity index (χ2n) is 5.70. The Hall–Kier alpha value is -2.59. The molecule has 0 saturated heterocycles. The van der Waals surface area contributed by atoms with Crippen LogP contribution in [0.1, 0.15) is 34.5 Å². The number of carboxylic acid groups (broad SMARTS) is 1. The largest absolute Gasteiger partial charge is 0.478 e. The molecule has 2 aromatic carbocycles. The number of aromatic carboxylic acids is 1. The number of anilines is 1. The molecule has 0 aliphatic rings. The van der Waals surface area contributed by atoms with Crippen molar-refractivity contribution >= 4 is 34.2 Å². The molecule has 24 heavy (non-hydrogen) atoms. The van der Waals surface area contributed by atoms with Crippen LogP contribution in [-0.2, 0) is 0 Å². The minimum atomic E-state index is -1.01. The van der Waals surface area contributed by atoms with E-state index in [0.29, 0.717) is 16.2 Å². The summed E-state index contributed by atoms with van der Waals surface area (Å²) in [5, 5.41) is 14.2. The van der Waals surface area contributed by atoms with Gasteiger partial charge in [0.25, 0.3) is 0 Å². The molecular formula is C19H17ClN2O2. The first-order valence-electron chi connectivity index (χ1n) is 7.61. The van der Waals surface area contributed by atoms with Gasteiger partial charge in [-0.15, -0.1) is 0 Å². The zero-order valence-corrected chi connectivity index (χ0v) is 14.1. The fraction of sp³-hybridized carbons (Fsp3) is 0.158. The van der Waals surface area contributed by atoms with Crippen LogP contribution in [0.5, 0.6) is 0 Å². The number of pyridine rings is 1. The van der Waals surface area contributed by atoms with Crippen molar-refractivity contribution in [1.82, 2.24) is 4.98 Å². The molecule has 3 aromatic rings. The number of halogens is 1. The van der Waals surface area contributed by atoms with Gasteiger partial charge in [-0.05, 0) is 37.1 Å². The van der Waals surface area contributed by atoms with Crippen LogP contribution >= 0.6 is 11.6 Å². The third-order valence-corrected chi connectivity index (χ3v) is 4.53. The van der Waals surface area contributed by atoms with Gasteiger partial charge in [-0.25, -0.2) is 4.79 Å². The highest BCUT2D eigenvalue weighted by Gasteiger charge is 2.18. The van der Waals surface area contributed by atoms with E-state index in [1.165, 1.54) is 6.20 Å². The van der Waals surface area contributed by atoms with Gasteiger partial charge in [-0.2, -0.15) is 0 Å². The average molecular weight is 341 g/mol. The van der Waals surface area contributed by atoms with Gasteiger partial charge < -0.3 is 10.4 Å². The molecule has 122 valence electrons. The van der Waals surface area contributed by atoms with Crippen LogP contribution in [0.4, 0.5) is 5.69 Å². The molecule has 0 amide bonds. The monoisotopic (exact) mass is 340 g/mol. The molecule has 1 unspecified atom stereocenters. The Kier molecular flexibility index (Phi) is 4.40. The van der Waals surface area contributed by atoms with Crippen LogP contribution < -0.4 is 5.32 Å². The topological polar surface area (TPSA) is 62.2 Å². The van der Waals surface area contributed by atoms with Crippen LogP contribution in [0.15, 0.2) is 48.7 Å². The number of carbonyl (C=O) groups is 1. The van der Waals surface area contributed by atoms with Crippen molar-refractivity contribution in [2.75, 3.05) is 5.32 Å². The lowest BCUT2D eigenvalue weighted by molar-refractivity contribution is 0.0697. The maximum absolute atomic E-state index is 11.6. The Labute approximate surface area is 145 Å². The molecule has 1 heterocycles. The van der Waals surface area contributed by atoms with E-state index in [4.69, 9.17) is 11.6 Å². The van der Waals surface area contributed by atoms with Gasteiger partial charge in [0.05, 0.1) is 11.2 Å². The van der Waals surface area contributed by atoms with Crippen LogP contribution in [0.2, 0.25) is 5.02 Å². The first-order valence-corrected chi connectivity index (χ1v) is 7.99. The highest BCUT2D eigenvalue weighted by molar-refractivity contribution is 6.32. The zero-order valence-electron chi connectivity index (χ0n) is 13.4. The third kappa shape index (κ3) is 2.93. The number of nitrogens with zero attached hydrogens (tertiary/aromatic N) is 1. The SMILES string of the molecule is Cc1c(Cl)ccc2c(NC(C)c3ccccc3)c(C(=O)O)cnc12. The maximum atomic E-state index is 11.6. The lowest BCUT2D eigenvalue weighted by atomic mass is 10.0. The fourth-order valence-corrected chi connectivity index (χ4v) is 2.89. The average Bonchev–Trinajstić information content (AvgIpc) is 2.59. The van der Waals surface area contributed by atoms with Gasteiger partial charge in [-0.3, -0.25) is 4.98 Å². The summed E-state index contributed by atoms with van der Waals surface area (Å²) in [6.07, 6.45) is 1.38. The number of hydrogen-bond donors (Lipinski definition) is 2. The van der Waals surface area contributed by atoms with E-state index >= 15 is 0 Å². The molecule has 0 fully saturated rings. The standard InChI is InChI=1S/C19H17ClN2O2/c1-11-16(20)9-8-14-17(11)21-10-15(19(23)24)18(14)22-12(2)13-6-4-3-5-7-13/h3-10,12H,1-2H3,(H,21,22)(H,23,24). The first kappa shape index (κ1) is 16.3. The number of carboxylic acids is 1. The van der Waals surface area contributed by atoms with Crippen molar-refractivity contribution in [2.24, 2.45) is 0 Å². The van der Waals surface area contributed by atoms with E-state index in [1.54, 1.807) is 6.07 Å². The molecule has 5 heteroatoms. The number of aryl methyl sites for hydroxylation is 1. The fourth-order valence-electron chi connectivity index (χ4n) is 2.74. The number of aromatic nitrogens is 1. The Balaban J connectivity index is 2.15. The Morgan fingerprint density at radius 3 is 2.58 bits per heavy atom. The van der Waals surface area contributed by atoms with Crippen LogP contribution in [0.3, 0.4) is 0 Å². The van der Waals surface area contributed by atoms with Crippen molar-refractivity contribution < 1.29 is 9.90 Å². The van der Waals surface area contributed by atoms with E-state index in [-0.39, 0.29) is 11.6 Å². The number of hydrogen-bond acceptors (Lipinski definition) is 3. The highest BCUT2D eigenvalue weighted by atomic mass is 35.5. The summed E-state index contributed by atoms with van der Waals surface area (Å²) >= 11 is 6.17. The molecular weight excluding hydrogens is 324 g/mol. The number of rotatable bonds is 4. The quantitative estimate of drug-likeness (QED) is 0.696. The summed E-state index contributed by atoms with van der Waals surface area (Å²) in [6, 6.07) is 13.4. The molecule has 0 radical (unpaired) electrons. The number of nitrogens with one attached hydrogen (secondary N) is 1. The molecule has 0 saturated carbocycles. The predicted octanol–water partition coefficient (Wildman–Crippen LogP) is 5.07. The van der Waals surface area contributed by atoms with Crippen molar-refractivity contribution in [2.45, 2.75) is 19.9 Å². The van der Waals surface area contributed by atoms with Crippen molar-refractivity contribution in [3.63, 3.8) is 0 Å². The summed E-state index contributed by atoms with van der Waals surface area (Å²) in [7, 11) is 0. The van der Waals surface area contributed by atoms with E-state index in [0.717, 1.165) is 16.5 Å². The van der Waals surface area contributed by atoms with Gasteiger partial charge in [0.2, 0.25) is 0 Å². The van der Waals surface area contributed by atoms with E-state index in [9.17, 15) is 9.90 Å². The van der Waals surface area contributed by atoms with Gasteiger partial charge >= 0.3 is 5.97 Å². The lowest BCUT2D eigenvalue weighted by Crippen LogP contribution is -2.12. The lowest BCUT2D eigenvalue weighted by Gasteiger charge is -2.19. The minimum absolute atomic E-state index is 0.0501. The molecule has 0 aliphatic carbocycles. The molecule has 1 aromatic heterocycles. The molecule has 1 atom stereocenters. The summed E-state index contributed by atoms with van der Waals surface area (Å²) < 4.78 is 0. The zero-order chi connectivity index (χ0) is 17.3. The second-order valence-corrected chi connectivity index (χ2v) is 6.10. The summed E-state index contributed by atoms with van der Waals surface area (Å²) in [5.41, 5.74) is 3.32. The molecule has 4 nitrogen and oxygen atoms in total. The van der Waals surface area contributed by atoms with Gasteiger partial charge in [-0.1, -0.05) is 41.9 Å². The maximum Gasteiger partial charge on any atom is 0.339 e. The highest BCUT2D eigenvalue weighted by Crippen LogP contribution is 2.33. The normalized spacial score (nSPS) is 12.1. The number of benzene rings is 2. The van der Waals surface area contributed by atoms with Crippen molar-refractivity contribution in [1.29, 1.82) is 0 Å². The Morgan fingerprint density at radius 1 is 1.21 bits per heavy atom. The van der Waals surface area contributed by atoms with E-state index in [1.807, 2.05) is 50.2 Å². The second kappa shape index (κ2) is 6.49. The molecule has 0 spiro atoms. The molecule has 3 rings (SSSR count). The van der Waals surface area contributed by atoms with Gasteiger partial charge in [0.15, 0.2) is 0 Å². The third-order valence-electron chi connectivity index (χ3n) is 4.12. The smallest absolute Gasteiger partial charge is 0.339 e. The minimum Gasteiger partial charge on any atom is -0.478 e. The summed E-state index contributed by atoms with van der Waals surface area (Å²) in [4.78, 5) is 15.9. The Morgan fingerprint density at radius 2 is 1.92 bits per heavy atom. The predicted molar refractivity (Wildman–Crippen MR) is 96.9 cm³/mol. The molecule has 0 aliphatic heterocycles. The van der Waals surface area contributed by atoms with Crippen LogP contribution in [0.25, 0.3) is 10.9 Å². The van der Waals surface area contributed by atoms with Crippen LogP contribution in [-0.4, -0.2) is 16.1 Å². The van der Waals surface area contributed by atoms with Crippen molar-refractivity contribution in [3.05, 3.63) is 70.4 Å². The Bertz CT molecular complexity index is 910. The molecule has 2 N–H and O–H groups in total. The summed E-state index contributed by atoms with van der Waals surface area (Å²) in [6.45, 7) is 3.87. The van der Waals surface area contributed by atoms with E-state index < -0.39 is 5.97 Å². The van der Waals surface area contributed by atoms with Crippen LogP contribution in [0, 0.1) is 6.92 Å². The summed E-state index contributed by atoms with van der Waals surface area (Å²) in [5.74, 6) is -1.01. The van der Waals surface area contributed by atoms with Crippen molar-refractivity contribution in [3.8, 4) is 0 Å². The molecule has 0 bridgehead atoms.